The normalized spacial score (nSPS) is 26.0. The maximum absolute atomic E-state index is 16.3. The molecule has 7 nitrogen and oxygen atoms in total. The minimum atomic E-state index is -0.582. The van der Waals surface area contributed by atoms with Gasteiger partial charge in [-0.05, 0) is 79.6 Å². The van der Waals surface area contributed by atoms with E-state index in [1.807, 2.05) is 24.3 Å². The number of morpholine rings is 1. The van der Waals surface area contributed by atoms with Gasteiger partial charge < -0.3 is 25.8 Å². The second-order valence-electron chi connectivity index (χ2n) is 12.3. The Bertz CT molecular complexity index is 1490. The van der Waals surface area contributed by atoms with Gasteiger partial charge in [0.15, 0.2) is 5.82 Å². The fraction of sp³-hybridized carbons (Fsp3) is 0.485. The summed E-state index contributed by atoms with van der Waals surface area (Å²) in [5, 5.41) is 15.9. The Labute approximate surface area is 251 Å². The largest absolute Gasteiger partial charge is 0.508 e. The topological polar surface area (TPSA) is 86.3 Å². The number of hydrogen-bond acceptors (Lipinski definition) is 6. The molecule has 0 amide bonds. The second kappa shape index (κ2) is 11.6. The van der Waals surface area contributed by atoms with Crippen LogP contribution in [0.1, 0.15) is 44.1 Å². The lowest BCUT2D eigenvalue weighted by atomic mass is 9.95. The molecule has 0 saturated carbocycles. The SMILES string of the molecule is Nc1c(C(=NCCCCN2C3CCC2COC3)N2CC3CCC(C2)N3)cc(Cl)c(-c2cc(O)cc3ccccc23)c1F. The van der Waals surface area contributed by atoms with Crippen LogP contribution in [-0.4, -0.2) is 84.3 Å². The number of nitrogen functional groups attached to an aromatic ring is 1. The van der Waals surface area contributed by atoms with Crippen LogP contribution < -0.4 is 11.1 Å². The number of fused-ring (bicyclic) bond motifs is 5. The molecule has 4 heterocycles. The molecule has 0 spiro atoms. The number of amidine groups is 1. The van der Waals surface area contributed by atoms with Crippen LogP contribution >= 0.6 is 11.6 Å². The number of nitrogens with one attached hydrogen (secondary N) is 1. The summed E-state index contributed by atoms with van der Waals surface area (Å²) in [4.78, 5) is 9.98. The lowest BCUT2D eigenvalue weighted by Crippen LogP contribution is -2.53. The van der Waals surface area contributed by atoms with E-state index in [1.54, 1.807) is 18.2 Å². The summed E-state index contributed by atoms with van der Waals surface area (Å²) < 4.78 is 22.0. The fourth-order valence-electron chi connectivity index (χ4n) is 7.56. The average molecular weight is 592 g/mol. The monoisotopic (exact) mass is 591 g/mol. The molecule has 222 valence electrons. The Kier molecular flexibility index (Phi) is 7.73. The molecule has 4 bridgehead atoms. The number of piperazine rings is 1. The van der Waals surface area contributed by atoms with Gasteiger partial charge in [-0.25, -0.2) is 4.39 Å². The van der Waals surface area contributed by atoms with Crippen LogP contribution in [0.25, 0.3) is 21.9 Å². The highest BCUT2D eigenvalue weighted by Crippen LogP contribution is 2.41. The molecule has 3 aromatic carbocycles. The Hall–Kier alpha value is -2.91. The van der Waals surface area contributed by atoms with E-state index in [0.29, 0.717) is 41.8 Å². The van der Waals surface area contributed by atoms with Gasteiger partial charge in [0.05, 0.1) is 23.9 Å². The number of benzene rings is 3. The van der Waals surface area contributed by atoms with Crippen molar-refractivity contribution in [1.29, 1.82) is 0 Å². The Morgan fingerprint density at radius 1 is 1.05 bits per heavy atom. The third kappa shape index (κ3) is 5.23. The van der Waals surface area contributed by atoms with Crippen LogP contribution in [0.4, 0.5) is 10.1 Å². The summed E-state index contributed by atoms with van der Waals surface area (Å²) in [5.41, 5.74) is 7.89. The number of aliphatic imine (C=N–C) groups is 1. The molecule has 0 radical (unpaired) electrons. The van der Waals surface area contributed by atoms with E-state index >= 15 is 4.39 Å². The van der Waals surface area contributed by atoms with Crippen molar-refractivity contribution in [2.75, 3.05) is 45.1 Å². The number of unbranched alkanes of at least 4 members (excludes halogenated alkanes) is 1. The molecule has 4 saturated heterocycles. The van der Waals surface area contributed by atoms with Crippen LogP contribution in [0.5, 0.6) is 5.75 Å². The molecule has 0 aromatic heterocycles. The highest BCUT2D eigenvalue weighted by atomic mass is 35.5. The number of nitrogens with two attached hydrogens (primary N) is 1. The van der Waals surface area contributed by atoms with E-state index in [1.165, 1.54) is 12.8 Å². The number of phenols is 1. The Morgan fingerprint density at radius 3 is 2.55 bits per heavy atom. The van der Waals surface area contributed by atoms with Gasteiger partial charge in [-0.2, -0.15) is 0 Å². The molecular formula is C33H39ClFN5O2. The zero-order valence-electron chi connectivity index (χ0n) is 23.9. The minimum Gasteiger partial charge on any atom is -0.508 e. The predicted molar refractivity (Wildman–Crippen MR) is 167 cm³/mol. The highest BCUT2D eigenvalue weighted by molar-refractivity contribution is 6.34. The number of aromatic hydroxyl groups is 1. The van der Waals surface area contributed by atoms with E-state index in [4.69, 9.17) is 27.1 Å². The van der Waals surface area contributed by atoms with Crippen LogP contribution in [0.3, 0.4) is 0 Å². The highest BCUT2D eigenvalue weighted by Gasteiger charge is 2.37. The fourth-order valence-corrected chi connectivity index (χ4v) is 7.86. The van der Waals surface area contributed by atoms with Crippen molar-refractivity contribution in [3.8, 4) is 16.9 Å². The lowest BCUT2D eigenvalue weighted by Gasteiger charge is -2.36. The first-order valence-electron chi connectivity index (χ1n) is 15.3. The molecule has 4 N–H and O–H groups in total. The van der Waals surface area contributed by atoms with E-state index < -0.39 is 5.82 Å². The number of anilines is 1. The standard InChI is InChI=1S/C33H39ClFN5O2/c34-29-15-28(32(36)31(35)30(29)27-14-25(41)13-20-5-1-2-6-26(20)27)33(39-16-21-7-8-22(17-39)38-21)37-11-3-4-12-40-23-9-10-24(40)19-42-18-23/h1-2,5-6,13-15,21-24,38,41H,3-4,7-12,16-19,36H2. The van der Waals surface area contributed by atoms with E-state index in [-0.39, 0.29) is 22.0 Å². The summed E-state index contributed by atoms with van der Waals surface area (Å²) in [6.45, 7) is 5.03. The summed E-state index contributed by atoms with van der Waals surface area (Å²) in [7, 11) is 0. The third-order valence-electron chi connectivity index (χ3n) is 9.61. The maximum Gasteiger partial charge on any atom is 0.156 e. The molecule has 4 unspecified atom stereocenters. The van der Waals surface area contributed by atoms with E-state index in [2.05, 4.69) is 15.1 Å². The summed E-state index contributed by atoms with van der Waals surface area (Å²) >= 11 is 6.87. The van der Waals surface area contributed by atoms with Crippen LogP contribution in [0.15, 0.2) is 47.5 Å². The lowest BCUT2D eigenvalue weighted by molar-refractivity contribution is -0.0149. The summed E-state index contributed by atoms with van der Waals surface area (Å²) in [6.07, 6.45) is 6.73. The zero-order chi connectivity index (χ0) is 28.8. The van der Waals surface area contributed by atoms with Gasteiger partial charge in [-0.15, -0.1) is 0 Å². The summed E-state index contributed by atoms with van der Waals surface area (Å²) in [6, 6.07) is 14.4. The number of ether oxygens (including phenoxy) is 1. The molecule has 0 aliphatic carbocycles. The summed E-state index contributed by atoms with van der Waals surface area (Å²) in [5.74, 6) is 0.192. The quantitative estimate of drug-likeness (QED) is 0.147. The van der Waals surface area contributed by atoms with Gasteiger partial charge in [0.1, 0.15) is 11.6 Å². The number of hydrogen-bond donors (Lipinski definition) is 3. The zero-order valence-corrected chi connectivity index (χ0v) is 24.6. The van der Waals surface area contributed by atoms with Crippen molar-refractivity contribution >= 4 is 33.9 Å². The van der Waals surface area contributed by atoms with Crippen molar-refractivity contribution in [2.24, 2.45) is 4.99 Å². The molecular weight excluding hydrogens is 553 g/mol. The molecule has 4 aliphatic heterocycles. The second-order valence-corrected chi connectivity index (χ2v) is 12.7. The van der Waals surface area contributed by atoms with Gasteiger partial charge in [-0.3, -0.25) is 9.89 Å². The number of likely N-dealkylation sites (tertiary alicyclic amines) is 1. The third-order valence-corrected chi connectivity index (χ3v) is 9.90. The van der Waals surface area contributed by atoms with Crippen molar-refractivity contribution in [1.82, 2.24) is 15.1 Å². The minimum absolute atomic E-state index is 0.0383. The molecule has 7 rings (SSSR count). The Balaban J connectivity index is 1.18. The number of nitrogens with zero attached hydrogens (tertiary/aromatic N) is 3. The first-order chi connectivity index (χ1) is 20.5. The van der Waals surface area contributed by atoms with Crippen molar-refractivity contribution in [2.45, 2.75) is 62.7 Å². The van der Waals surface area contributed by atoms with Crippen molar-refractivity contribution in [3.05, 3.63) is 58.9 Å². The number of halogens is 2. The molecule has 4 atom stereocenters. The first-order valence-corrected chi connectivity index (χ1v) is 15.7. The van der Waals surface area contributed by atoms with Crippen LogP contribution in [-0.2, 0) is 4.74 Å². The van der Waals surface area contributed by atoms with E-state index in [9.17, 15) is 5.11 Å². The van der Waals surface area contributed by atoms with Gasteiger partial charge in [0.2, 0.25) is 0 Å². The van der Waals surface area contributed by atoms with Gasteiger partial charge in [0, 0.05) is 54.9 Å². The van der Waals surface area contributed by atoms with Gasteiger partial charge in [0.25, 0.3) is 0 Å². The van der Waals surface area contributed by atoms with Gasteiger partial charge >= 0.3 is 0 Å². The molecule has 42 heavy (non-hydrogen) atoms. The molecule has 4 aliphatic rings. The number of rotatable bonds is 7. The van der Waals surface area contributed by atoms with Crippen LogP contribution in [0, 0.1) is 5.82 Å². The molecule has 9 heteroatoms. The van der Waals surface area contributed by atoms with E-state index in [0.717, 1.165) is 75.1 Å². The average Bonchev–Trinajstić information content (AvgIpc) is 3.43. The smallest absolute Gasteiger partial charge is 0.156 e. The first kappa shape index (κ1) is 27.9. The van der Waals surface area contributed by atoms with Gasteiger partial charge in [-0.1, -0.05) is 35.9 Å². The Morgan fingerprint density at radius 2 is 1.79 bits per heavy atom. The molecule has 3 aromatic rings. The predicted octanol–water partition coefficient (Wildman–Crippen LogP) is 5.41. The van der Waals surface area contributed by atoms with Crippen molar-refractivity contribution < 1.29 is 14.2 Å². The number of phenolic OH excluding ortho intramolecular Hbond substituents is 1. The maximum atomic E-state index is 16.3. The molecule has 4 fully saturated rings. The van der Waals surface area contributed by atoms with Crippen molar-refractivity contribution in [3.63, 3.8) is 0 Å². The van der Waals surface area contributed by atoms with Crippen LogP contribution in [0.2, 0.25) is 5.02 Å².